The number of hydrogen-bond acceptors (Lipinski definition) is 3. The fraction of sp³-hybridized carbons (Fsp3) is 0.556. The molecule has 1 aromatic carbocycles. The molecular formula is C18H25NO2. The van der Waals surface area contributed by atoms with E-state index in [1.54, 1.807) is 0 Å². The summed E-state index contributed by atoms with van der Waals surface area (Å²) in [6.07, 6.45) is 3.97. The van der Waals surface area contributed by atoms with Crippen LogP contribution in [0.1, 0.15) is 31.7 Å². The summed E-state index contributed by atoms with van der Waals surface area (Å²) < 4.78 is 5.78. The second-order valence-electron chi connectivity index (χ2n) is 5.53. The van der Waals surface area contributed by atoms with E-state index in [9.17, 15) is 0 Å². The van der Waals surface area contributed by atoms with Gasteiger partial charge in [-0.05, 0) is 56.1 Å². The van der Waals surface area contributed by atoms with Gasteiger partial charge in [-0.2, -0.15) is 0 Å². The van der Waals surface area contributed by atoms with Crippen molar-refractivity contribution in [2.75, 3.05) is 32.8 Å². The van der Waals surface area contributed by atoms with Crippen LogP contribution in [-0.4, -0.2) is 42.9 Å². The van der Waals surface area contributed by atoms with Gasteiger partial charge in [-0.3, -0.25) is 4.90 Å². The van der Waals surface area contributed by atoms with Gasteiger partial charge in [0.25, 0.3) is 0 Å². The topological polar surface area (TPSA) is 32.7 Å². The van der Waals surface area contributed by atoms with Crippen LogP contribution in [0.4, 0.5) is 0 Å². The molecule has 0 atom stereocenters. The Bertz CT molecular complexity index is 464. The van der Waals surface area contributed by atoms with E-state index >= 15 is 0 Å². The minimum atomic E-state index is -0.104. The molecule has 0 spiro atoms. The maximum Gasteiger partial charge on any atom is 0.119 e. The minimum absolute atomic E-state index is 0.104. The fourth-order valence-corrected chi connectivity index (χ4v) is 2.69. The quantitative estimate of drug-likeness (QED) is 0.845. The van der Waals surface area contributed by atoms with E-state index in [1.807, 2.05) is 24.3 Å². The predicted octanol–water partition coefficient (Wildman–Crippen LogP) is 2.53. The summed E-state index contributed by atoms with van der Waals surface area (Å²) in [7, 11) is 0. The Morgan fingerprint density at radius 3 is 2.57 bits per heavy atom. The van der Waals surface area contributed by atoms with E-state index in [4.69, 9.17) is 9.84 Å². The maximum atomic E-state index is 8.65. The molecule has 0 bridgehead atoms. The van der Waals surface area contributed by atoms with Gasteiger partial charge in [0.1, 0.15) is 19.0 Å². The van der Waals surface area contributed by atoms with Gasteiger partial charge < -0.3 is 9.84 Å². The van der Waals surface area contributed by atoms with E-state index in [-0.39, 0.29) is 6.61 Å². The van der Waals surface area contributed by atoms with Crippen molar-refractivity contribution >= 4 is 0 Å². The Morgan fingerprint density at radius 2 is 1.95 bits per heavy atom. The largest absolute Gasteiger partial charge is 0.492 e. The zero-order valence-corrected chi connectivity index (χ0v) is 12.8. The van der Waals surface area contributed by atoms with Crippen molar-refractivity contribution in [1.29, 1.82) is 0 Å². The monoisotopic (exact) mass is 287 g/mol. The number of benzene rings is 1. The molecule has 1 fully saturated rings. The Balaban J connectivity index is 1.69. The lowest BCUT2D eigenvalue weighted by atomic mass is 9.94. The van der Waals surface area contributed by atoms with Crippen LogP contribution in [0.2, 0.25) is 0 Å². The number of nitrogens with zero attached hydrogens (tertiary/aromatic N) is 1. The molecule has 1 aromatic rings. The number of piperidine rings is 1. The maximum absolute atomic E-state index is 8.65. The summed E-state index contributed by atoms with van der Waals surface area (Å²) >= 11 is 0. The number of ether oxygens (including phenoxy) is 1. The van der Waals surface area contributed by atoms with E-state index in [1.165, 1.54) is 32.4 Å². The molecule has 3 heteroatoms. The fourth-order valence-electron chi connectivity index (χ4n) is 2.69. The Kier molecular flexibility index (Phi) is 6.59. The summed E-state index contributed by atoms with van der Waals surface area (Å²) in [5, 5.41) is 8.65. The summed E-state index contributed by atoms with van der Waals surface area (Å²) in [5.74, 6) is 7.32. The average molecular weight is 287 g/mol. The van der Waals surface area contributed by atoms with Crippen molar-refractivity contribution in [3.05, 3.63) is 29.8 Å². The van der Waals surface area contributed by atoms with Crippen LogP contribution >= 0.6 is 0 Å². The highest BCUT2D eigenvalue weighted by atomic mass is 16.5. The molecule has 0 unspecified atom stereocenters. The Hall–Kier alpha value is -1.50. The molecule has 3 nitrogen and oxygen atoms in total. The highest BCUT2D eigenvalue weighted by molar-refractivity contribution is 5.38. The highest BCUT2D eigenvalue weighted by Crippen LogP contribution is 2.19. The van der Waals surface area contributed by atoms with E-state index in [2.05, 4.69) is 23.7 Å². The van der Waals surface area contributed by atoms with Crippen LogP contribution < -0.4 is 4.74 Å². The van der Waals surface area contributed by atoms with Gasteiger partial charge in [0.15, 0.2) is 0 Å². The molecule has 1 heterocycles. The minimum Gasteiger partial charge on any atom is -0.492 e. The number of aliphatic hydroxyl groups excluding tert-OH is 1. The Morgan fingerprint density at radius 1 is 1.24 bits per heavy atom. The molecule has 1 N–H and O–H groups in total. The normalized spacial score (nSPS) is 16.3. The standard InChI is InChI=1S/C18H25NO2/c1-2-16-9-11-19(12-10-16)13-15-21-18-7-5-17(6-8-18)4-3-14-20/h5-8,16,20H,2,9-15H2,1H3. The molecule has 1 aliphatic heterocycles. The number of hydrogen-bond donors (Lipinski definition) is 1. The van der Waals surface area contributed by atoms with Crippen molar-refractivity contribution in [2.24, 2.45) is 5.92 Å². The second-order valence-corrected chi connectivity index (χ2v) is 5.53. The van der Waals surface area contributed by atoms with Crippen LogP contribution in [0.25, 0.3) is 0 Å². The molecule has 0 amide bonds. The molecule has 2 rings (SSSR count). The smallest absolute Gasteiger partial charge is 0.119 e. The predicted molar refractivity (Wildman–Crippen MR) is 85.4 cm³/mol. The van der Waals surface area contributed by atoms with Crippen molar-refractivity contribution in [3.63, 3.8) is 0 Å². The van der Waals surface area contributed by atoms with Crippen LogP contribution in [-0.2, 0) is 0 Å². The second kappa shape index (κ2) is 8.71. The van der Waals surface area contributed by atoms with Crippen LogP contribution in [0, 0.1) is 17.8 Å². The molecule has 0 aromatic heterocycles. The SMILES string of the molecule is CCC1CCN(CCOc2ccc(C#CCO)cc2)CC1. The summed E-state index contributed by atoms with van der Waals surface area (Å²) in [5.41, 5.74) is 0.901. The van der Waals surface area contributed by atoms with Crippen LogP contribution in [0.3, 0.4) is 0 Å². The van der Waals surface area contributed by atoms with Gasteiger partial charge in [0.2, 0.25) is 0 Å². The van der Waals surface area contributed by atoms with Gasteiger partial charge in [-0.25, -0.2) is 0 Å². The van der Waals surface area contributed by atoms with Crippen molar-refractivity contribution in [1.82, 2.24) is 4.90 Å². The van der Waals surface area contributed by atoms with E-state index in [0.29, 0.717) is 0 Å². The van der Waals surface area contributed by atoms with E-state index in [0.717, 1.165) is 30.4 Å². The van der Waals surface area contributed by atoms with E-state index < -0.39 is 0 Å². The van der Waals surface area contributed by atoms with Gasteiger partial charge in [-0.15, -0.1) is 0 Å². The summed E-state index contributed by atoms with van der Waals surface area (Å²) in [6, 6.07) is 7.71. The van der Waals surface area contributed by atoms with Crippen LogP contribution in [0.5, 0.6) is 5.75 Å². The highest BCUT2D eigenvalue weighted by Gasteiger charge is 2.17. The van der Waals surface area contributed by atoms with Gasteiger partial charge in [0, 0.05) is 12.1 Å². The molecular weight excluding hydrogens is 262 g/mol. The molecule has 0 aliphatic carbocycles. The molecule has 0 radical (unpaired) electrons. The number of aliphatic hydroxyl groups is 1. The van der Waals surface area contributed by atoms with Gasteiger partial charge in [-0.1, -0.05) is 25.2 Å². The third-order valence-corrected chi connectivity index (χ3v) is 4.13. The lowest BCUT2D eigenvalue weighted by Crippen LogP contribution is -2.36. The first-order valence-corrected chi connectivity index (χ1v) is 7.86. The average Bonchev–Trinajstić information content (AvgIpc) is 2.55. The van der Waals surface area contributed by atoms with Gasteiger partial charge in [0.05, 0.1) is 0 Å². The summed E-state index contributed by atoms with van der Waals surface area (Å²) in [4.78, 5) is 2.49. The zero-order valence-electron chi connectivity index (χ0n) is 12.8. The van der Waals surface area contributed by atoms with Gasteiger partial charge >= 0.3 is 0 Å². The molecule has 1 aliphatic rings. The number of rotatable bonds is 5. The third-order valence-electron chi connectivity index (χ3n) is 4.13. The molecule has 0 saturated carbocycles. The van der Waals surface area contributed by atoms with Crippen molar-refractivity contribution in [3.8, 4) is 17.6 Å². The molecule has 1 saturated heterocycles. The summed E-state index contributed by atoms with van der Waals surface area (Å²) in [6.45, 7) is 6.33. The Labute approximate surface area is 127 Å². The first-order valence-electron chi connectivity index (χ1n) is 7.86. The van der Waals surface area contributed by atoms with Crippen LogP contribution in [0.15, 0.2) is 24.3 Å². The lowest BCUT2D eigenvalue weighted by molar-refractivity contribution is 0.153. The first-order chi connectivity index (χ1) is 10.3. The molecule has 21 heavy (non-hydrogen) atoms. The van der Waals surface area contributed by atoms with Crippen molar-refractivity contribution in [2.45, 2.75) is 26.2 Å². The molecule has 114 valence electrons. The van der Waals surface area contributed by atoms with Crippen molar-refractivity contribution < 1.29 is 9.84 Å². The first kappa shape index (κ1) is 15.9. The lowest BCUT2D eigenvalue weighted by Gasteiger charge is -2.31. The third kappa shape index (κ3) is 5.41. The number of likely N-dealkylation sites (tertiary alicyclic amines) is 1. The zero-order chi connectivity index (χ0) is 14.9.